The summed E-state index contributed by atoms with van der Waals surface area (Å²) < 4.78 is 10.2. The summed E-state index contributed by atoms with van der Waals surface area (Å²) in [6, 6.07) is 9.61. The van der Waals surface area contributed by atoms with E-state index in [0.717, 1.165) is 0 Å². The van der Waals surface area contributed by atoms with E-state index in [1.54, 1.807) is 31.2 Å². The van der Waals surface area contributed by atoms with Gasteiger partial charge in [-0.1, -0.05) is 11.6 Å². The predicted molar refractivity (Wildman–Crippen MR) is 85.8 cm³/mol. The summed E-state index contributed by atoms with van der Waals surface area (Å²) in [5, 5.41) is 3.14. The van der Waals surface area contributed by atoms with E-state index in [9.17, 15) is 9.59 Å². The van der Waals surface area contributed by atoms with Crippen LogP contribution in [-0.4, -0.2) is 30.1 Å². The average molecular weight is 335 g/mol. The van der Waals surface area contributed by atoms with Crippen molar-refractivity contribution in [1.82, 2.24) is 4.98 Å². The summed E-state index contributed by atoms with van der Waals surface area (Å²) in [5.41, 5.74) is 0.316. The number of carbonyl (C=O) groups excluding carboxylic acids is 2. The van der Waals surface area contributed by atoms with E-state index < -0.39 is 11.9 Å². The quantitative estimate of drug-likeness (QED) is 0.822. The van der Waals surface area contributed by atoms with Crippen LogP contribution in [-0.2, 0) is 9.53 Å². The van der Waals surface area contributed by atoms with E-state index in [1.165, 1.54) is 18.3 Å². The number of nitrogens with one attached hydrogen (secondary N) is 1. The monoisotopic (exact) mass is 334 g/mol. The second-order valence-electron chi connectivity index (χ2n) is 4.44. The number of hydrogen-bond donors (Lipinski definition) is 1. The third kappa shape index (κ3) is 5.27. The third-order valence-corrected chi connectivity index (χ3v) is 2.97. The molecule has 1 aromatic heterocycles. The molecule has 0 spiro atoms. The first-order valence-corrected chi connectivity index (χ1v) is 7.27. The fourth-order valence-corrected chi connectivity index (χ4v) is 1.82. The van der Waals surface area contributed by atoms with E-state index >= 15 is 0 Å². The lowest BCUT2D eigenvalue weighted by molar-refractivity contribution is -0.118. The first-order valence-electron chi connectivity index (χ1n) is 6.90. The Bertz CT molecular complexity index is 689. The number of pyridine rings is 1. The topological polar surface area (TPSA) is 77.5 Å². The van der Waals surface area contributed by atoms with Crippen molar-refractivity contribution in [2.75, 3.05) is 18.5 Å². The van der Waals surface area contributed by atoms with Crippen LogP contribution in [0.4, 0.5) is 5.82 Å². The van der Waals surface area contributed by atoms with Gasteiger partial charge in [0.1, 0.15) is 11.6 Å². The largest absolute Gasteiger partial charge is 0.484 e. The van der Waals surface area contributed by atoms with Gasteiger partial charge >= 0.3 is 5.97 Å². The molecule has 0 radical (unpaired) electrons. The molecule has 0 bridgehead atoms. The van der Waals surface area contributed by atoms with Crippen LogP contribution in [0.5, 0.6) is 5.75 Å². The molecule has 6 nitrogen and oxygen atoms in total. The van der Waals surface area contributed by atoms with Crippen LogP contribution in [0.15, 0.2) is 42.6 Å². The van der Waals surface area contributed by atoms with Crippen LogP contribution in [0.3, 0.4) is 0 Å². The molecule has 1 heterocycles. The molecule has 2 aromatic rings. The number of benzene rings is 1. The van der Waals surface area contributed by atoms with Crippen LogP contribution in [0.1, 0.15) is 17.3 Å². The molecule has 0 atom stereocenters. The fourth-order valence-electron chi connectivity index (χ4n) is 1.70. The van der Waals surface area contributed by atoms with Crippen molar-refractivity contribution in [1.29, 1.82) is 0 Å². The Morgan fingerprint density at radius 3 is 2.65 bits per heavy atom. The van der Waals surface area contributed by atoms with E-state index in [4.69, 9.17) is 21.1 Å². The van der Waals surface area contributed by atoms with Crippen molar-refractivity contribution in [3.8, 4) is 5.75 Å². The molecule has 0 saturated heterocycles. The minimum Gasteiger partial charge on any atom is -0.484 e. The van der Waals surface area contributed by atoms with Gasteiger partial charge in [-0.3, -0.25) is 4.79 Å². The molecule has 1 amide bonds. The molecule has 0 saturated carbocycles. The van der Waals surface area contributed by atoms with Gasteiger partial charge in [0, 0.05) is 11.2 Å². The Balaban J connectivity index is 1.91. The Morgan fingerprint density at radius 1 is 1.22 bits per heavy atom. The van der Waals surface area contributed by atoms with Crippen LogP contribution in [0.25, 0.3) is 0 Å². The fraction of sp³-hybridized carbons (Fsp3) is 0.188. The SMILES string of the molecule is CCOC(=O)c1ccnc(NC(=O)COc2ccc(Cl)cc2)c1. The molecule has 23 heavy (non-hydrogen) atoms. The Labute approximate surface area is 138 Å². The predicted octanol–water partition coefficient (Wildman–Crippen LogP) is 2.93. The zero-order chi connectivity index (χ0) is 16.7. The number of amides is 1. The minimum atomic E-state index is -0.470. The number of aromatic nitrogens is 1. The molecule has 2 rings (SSSR count). The van der Waals surface area contributed by atoms with Gasteiger partial charge in [-0.2, -0.15) is 0 Å². The Morgan fingerprint density at radius 2 is 1.96 bits per heavy atom. The maximum atomic E-state index is 11.8. The molecular formula is C16H15ClN2O4. The highest BCUT2D eigenvalue weighted by Gasteiger charge is 2.10. The molecule has 120 valence electrons. The first-order chi connectivity index (χ1) is 11.1. The lowest BCUT2D eigenvalue weighted by Gasteiger charge is -2.08. The average Bonchev–Trinajstić information content (AvgIpc) is 2.55. The highest BCUT2D eigenvalue weighted by Crippen LogP contribution is 2.15. The van der Waals surface area contributed by atoms with Crippen LogP contribution in [0, 0.1) is 0 Å². The molecule has 0 unspecified atom stereocenters. The number of hydrogen-bond acceptors (Lipinski definition) is 5. The molecule has 1 N–H and O–H groups in total. The van der Waals surface area contributed by atoms with Crippen molar-refractivity contribution in [2.24, 2.45) is 0 Å². The smallest absolute Gasteiger partial charge is 0.338 e. The van der Waals surface area contributed by atoms with E-state index in [2.05, 4.69) is 10.3 Å². The molecule has 0 aliphatic rings. The van der Waals surface area contributed by atoms with Gasteiger partial charge in [0.25, 0.3) is 5.91 Å². The first kappa shape index (κ1) is 16.8. The zero-order valence-corrected chi connectivity index (χ0v) is 13.2. The second-order valence-corrected chi connectivity index (χ2v) is 4.88. The molecule has 7 heteroatoms. The molecule has 0 aliphatic heterocycles. The summed E-state index contributed by atoms with van der Waals surface area (Å²) >= 11 is 5.76. The van der Waals surface area contributed by atoms with Crippen molar-refractivity contribution in [3.05, 3.63) is 53.2 Å². The highest BCUT2D eigenvalue weighted by molar-refractivity contribution is 6.30. The van der Waals surface area contributed by atoms with Crippen LogP contribution < -0.4 is 10.1 Å². The summed E-state index contributed by atoms with van der Waals surface area (Å²) in [6.45, 7) is 1.81. The maximum absolute atomic E-state index is 11.8. The summed E-state index contributed by atoms with van der Waals surface area (Å²) in [6.07, 6.45) is 1.42. The van der Waals surface area contributed by atoms with Gasteiger partial charge in [-0.15, -0.1) is 0 Å². The number of esters is 1. The second kappa shape index (κ2) is 8.14. The van der Waals surface area contributed by atoms with Crippen molar-refractivity contribution < 1.29 is 19.1 Å². The number of nitrogens with zero attached hydrogens (tertiary/aromatic N) is 1. The van der Waals surface area contributed by atoms with Crippen molar-refractivity contribution >= 4 is 29.3 Å². The zero-order valence-electron chi connectivity index (χ0n) is 12.4. The number of anilines is 1. The Hall–Kier alpha value is -2.60. The van der Waals surface area contributed by atoms with Crippen molar-refractivity contribution in [2.45, 2.75) is 6.92 Å². The van der Waals surface area contributed by atoms with Gasteiger partial charge in [0.15, 0.2) is 6.61 Å². The van der Waals surface area contributed by atoms with Crippen LogP contribution >= 0.6 is 11.6 Å². The maximum Gasteiger partial charge on any atom is 0.338 e. The van der Waals surface area contributed by atoms with Gasteiger partial charge in [-0.05, 0) is 43.3 Å². The summed E-state index contributed by atoms with van der Waals surface area (Å²) in [7, 11) is 0. The van der Waals surface area contributed by atoms with Crippen LogP contribution in [0.2, 0.25) is 5.02 Å². The minimum absolute atomic E-state index is 0.188. The van der Waals surface area contributed by atoms with Gasteiger partial charge in [-0.25, -0.2) is 9.78 Å². The molecule has 0 aliphatic carbocycles. The molecular weight excluding hydrogens is 320 g/mol. The van der Waals surface area contributed by atoms with E-state index in [0.29, 0.717) is 16.3 Å². The Kier molecular flexibility index (Phi) is 5.94. The standard InChI is InChI=1S/C16H15ClN2O4/c1-2-22-16(21)11-7-8-18-14(9-11)19-15(20)10-23-13-5-3-12(17)4-6-13/h3-9H,2,10H2,1H3,(H,18,19,20). The van der Waals surface area contributed by atoms with Crippen molar-refractivity contribution in [3.63, 3.8) is 0 Å². The molecule has 0 fully saturated rings. The van der Waals surface area contributed by atoms with Gasteiger partial charge < -0.3 is 14.8 Å². The summed E-state index contributed by atoms with van der Waals surface area (Å²) in [4.78, 5) is 27.4. The van der Waals surface area contributed by atoms with E-state index in [1.807, 2.05) is 0 Å². The van der Waals surface area contributed by atoms with E-state index in [-0.39, 0.29) is 19.0 Å². The number of ether oxygens (including phenoxy) is 2. The molecule has 1 aromatic carbocycles. The lowest BCUT2D eigenvalue weighted by atomic mass is 10.2. The van der Waals surface area contributed by atoms with Gasteiger partial charge in [0.05, 0.1) is 12.2 Å². The highest BCUT2D eigenvalue weighted by atomic mass is 35.5. The number of rotatable bonds is 6. The number of carbonyl (C=O) groups is 2. The normalized spacial score (nSPS) is 10.0. The number of halogens is 1. The summed E-state index contributed by atoms with van der Waals surface area (Å²) in [5.74, 6) is -0.0886. The van der Waals surface area contributed by atoms with Gasteiger partial charge in [0.2, 0.25) is 0 Å². The lowest BCUT2D eigenvalue weighted by Crippen LogP contribution is -2.21. The third-order valence-electron chi connectivity index (χ3n) is 2.72.